The number of rotatable bonds is 8. The summed E-state index contributed by atoms with van der Waals surface area (Å²) in [5.74, 6) is -0.895. The van der Waals surface area contributed by atoms with E-state index in [9.17, 15) is 19.5 Å². The summed E-state index contributed by atoms with van der Waals surface area (Å²) >= 11 is 0. The predicted octanol–water partition coefficient (Wildman–Crippen LogP) is 4.53. The number of phenols is 1. The Bertz CT molecular complexity index is 1020. The molecular formula is C26H35N3O5. The van der Waals surface area contributed by atoms with Crippen molar-refractivity contribution in [3.8, 4) is 5.75 Å². The molecule has 2 rings (SSSR count). The predicted molar refractivity (Wildman–Crippen MR) is 131 cm³/mol. The molecule has 2 aromatic rings. The van der Waals surface area contributed by atoms with Gasteiger partial charge in [-0.3, -0.25) is 9.59 Å². The molecule has 0 spiro atoms. The van der Waals surface area contributed by atoms with Crippen molar-refractivity contribution in [2.45, 2.75) is 65.6 Å². The van der Waals surface area contributed by atoms with E-state index in [1.54, 1.807) is 39.0 Å². The van der Waals surface area contributed by atoms with Gasteiger partial charge < -0.3 is 25.4 Å². The summed E-state index contributed by atoms with van der Waals surface area (Å²) in [4.78, 5) is 40.5. The van der Waals surface area contributed by atoms with Crippen LogP contribution in [0, 0.1) is 6.92 Å². The molecule has 0 bridgehead atoms. The van der Waals surface area contributed by atoms with Crippen molar-refractivity contribution < 1.29 is 24.2 Å². The molecule has 34 heavy (non-hydrogen) atoms. The van der Waals surface area contributed by atoms with E-state index < -0.39 is 29.6 Å². The van der Waals surface area contributed by atoms with Crippen LogP contribution in [0.4, 0.5) is 10.5 Å². The third-order valence-electron chi connectivity index (χ3n) is 5.25. The van der Waals surface area contributed by atoms with Gasteiger partial charge in [0.25, 0.3) is 5.91 Å². The molecular weight excluding hydrogens is 434 g/mol. The topological polar surface area (TPSA) is 108 Å². The van der Waals surface area contributed by atoms with Crippen molar-refractivity contribution in [3.63, 3.8) is 0 Å². The molecule has 0 aliphatic carbocycles. The van der Waals surface area contributed by atoms with Gasteiger partial charge in [0.05, 0.1) is 0 Å². The van der Waals surface area contributed by atoms with Crippen LogP contribution in [0.2, 0.25) is 0 Å². The first-order valence-electron chi connectivity index (χ1n) is 11.4. The molecule has 0 aliphatic heterocycles. The number of hydrogen-bond acceptors (Lipinski definition) is 5. The number of aryl methyl sites for hydroxylation is 1. The quantitative estimate of drug-likeness (QED) is 0.526. The number of anilines is 1. The molecule has 8 heteroatoms. The number of amides is 3. The third-order valence-corrected chi connectivity index (χ3v) is 5.25. The van der Waals surface area contributed by atoms with Crippen LogP contribution < -0.4 is 10.6 Å². The van der Waals surface area contributed by atoms with E-state index in [2.05, 4.69) is 10.6 Å². The van der Waals surface area contributed by atoms with Crippen LogP contribution in [-0.2, 0) is 14.3 Å². The second-order valence-electron chi connectivity index (χ2n) is 9.22. The van der Waals surface area contributed by atoms with Crippen molar-refractivity contribution in [1.29, 1.82) is 0 Å². The monoisotopic (exact) mass is 469 g/mol. The molecule has 0 saturated carbocycles. The van der Waals surface area contributed by atoms with Crippen LogP contribution in [0.1, 0.15) is 58.2 Å². The summed E-state index contributed by atoms with van der Waals surface area (Å²) in [7, 11) is 0. The minimum atomic E-state index is -1.03. The molecule has 2 atom stereocenters. The summed E-state index contributed by atoms with van der Waals surface area (Å²) in [6.45, 7) is 10.5. The lowest BCUT2D eigenvalue weighted by Crippen LogP contribution is -2.50. The smallest absolute Gasteiger partial charge is 0.408 e. The van der Waals surface area contributed by atoms with E-state index >= 15 is 0 Å². The van der Waals surface area contributed by atoms with E-state index in [1.165, 1.54) is 17.0 Å². The van der Waals surface area contributed by atoms with Gasteiger partial charge in [-0.1, -0.05) is 37.3 Å². The number of ether oxygens (including phenoxy) is 1. The van der Waals surface area contributed by atoms with E-state index in [1.807, 2.05) is 39.0 Å². The van der Waals surface area contributed by atoms with Crippen LogP contribution in [0.25, 0.3) is 0 Å². The van der Waals surface area contributed by atoms with Gasteiger partial charge in [-0.15, -0.1) is 0 Å². The average Bonchev–Trinajstić information content (AvgIpc) is 2.75. The molecule has 8 nitrogen and oxygen atoms in total. The highest BCUT2D eigenvalue weighted by atomic mass is 16.6. The second kappa shape index (κ2) is 11.5. The zero-order chi connectivity index (χ0) is 25.5. The lowest BCUT2D eigenvalue weighted by molar-refractivity contribution is -0.140. The largest absolute Gasteiger partial charge is 0.508 e. The van der Waals surface area contributed by atoms with E-state index in [0.29, 0.717) is 17.7 Å². The Hall–Kier alpha value is -3.55. The number of hydrogen-bond donors (Lipinski definition) is 3. The molecule has 3 amide bonds. The van der Waals surface area contributed by atoms with Gasteiger partial charge in [0, 0.05) is 11.7 Å². The number of nitrogens with one attached hydrogen (secondary N) is 2. The molecule has 3 N–H and O–H groups in total. The number of benzene rings is 2. The van der Waals surface area contributed by atoms with Gasteiger partial charge in [0.1, 0.15) is 23.9 Å². The summed E-state index contributed by atoms with van der Waals surface area (Å²) < 4.78 is 5.22. The lowest BCUT2D eigenvalue weighted by atomic mass is 10.0. The van der Waals surface area contributed by atoms with Gasteiger partial charge in [-0.2, -0.15) is 0 Å². The zero-order valence-corrected chi connectivity index (χ0v) is 20.7. The van der Waals surface area contributed by atoms with Crippen molar-refractivity contribution in [2.75, 3.05) is 11.9 Å². The first kappa shape index (κ1) is 26.7. The van der Waals surface area contributed by atoms with E-state index in [4.69, 9.17) is 4.74 Å². The van der Waals surface area contributed by atoms with Crippen LogP contribution in [0.3, 0.4) is 0 Å². The Labute approximate surface area is 201 Å². The van der Waals surface area contributed by atoms with Gasteiger partial charge in [-0.25, -0.2) is 4.79 Å². The van der Waals surface area contributed by atoms with Gasteiger partial charge in [-0.05, 0) is 70.4 Å². The fraction of sp³-hybridized carbons (Fsp3) is 0.423. The van der Waals surface area contributed by atoms with Crippen molar-refractivity contribution in [3.05, 3.63) is 59.7 Å². The Kier molecular flexibility index (Phi) is 9.06. The summed E-state index contributed by atoms with van der Waals surface area (Å²) in [6.07, 6.45) is -0.145. The molecule has 0 radical (unpaired) electrons. The molecule has 2 unspecified atom stereocenters. The SMILES string of the molecule is CCC(C)N(C(=O)CNC(=O)OC(C)(C)C)C(C(=O)Nc1ccccc1C)c1cccc(O)c1. The number of aromatic hydroxyl groups is 1. The van der Waals surface area contributed by atoms with Crippen LogP contribution in [0.15, 0.2) is 48.5 Å². The molecule has 2 aromatic carbocycles. The lowest BCUT2D eigenvalue weighted by Gasteiger charge is -2.36. The molecule has 0 aromatic heterocycles. The second-order valence-corrected chi connectivity index (χ2v) is 9.22. The van der Waals surface area contributed by atoms with Crippen LogP contribution in [0.5, 0.6) is 5.75 Å². The number of para-hydroxylation sites is 1. The first-order chi connectivity index (χ1) is 15.9. The highest BCUT2D eigenvalue weighted by Gasteiger charge is 2.35. The summed E-state index contributed by atoms with van der Waals surface area (Å²) in [5, 5.41) is 15.5. The van der Waals surface area contributed by atoms with Crippen molar-refractivity contribution in [1.82, 2.24) is 10.2 Å². The fourth-order valence-electron chi connectivity index (χ4n) is 3.44. The maximum atomic E-state index is 13.6. The fourth-order valence-corrected chi connectivity index (χ4v) is 3.44. The number of phenolic OH excluding ortho intramolecular Hbond substituents is 1. The van der Waals surface area contributed by atoms with Crippen LogP contribution in [-0.4, -0.2) is 46.1 Å². The Morgan fingerprint density at radius 2 is 1.76 bits per heavy atom. The van der Waals surface area contributed by atoms with Gasteiger partial charge in [0.15, 0.2) is 0 Å². The first-order valence-corrected chi connectivity index (χ1v) is 11.4. The minimum absolute atomic E-state index is 0.0189. The average molecular weight is 470 g/mol. The van der Waals surface area contributed by atoms with E-state index in [0.717, 1.165) is 5.56 Å². The molecule has 0 saturated heterocycles. The van der Waals surface area contributed by atoms with Crippen LogP contribution >= 0.6 is 0 Å². The minimum Gasteiger partial charge on any atom is -0.508 e. The summed E-state index contributed by atoms with van der Waals surface area (Å²) in [5.41, 5.74) is 1.25. The zero-order valence-electron chi connectivity index (χ0n) is 20.7. The highest BCUT2D eigenvalue weighted by Crippen LogP contribution is 2.29. The van der Waals surface area contributed by atoms with E-state index in [-0.39, 0.29) is 18.3 Å². The Morgan fingerprint density at radius 1 is 1.09 bits per heavy atom. The molecule has 0 heterocycles. The molecule has 0 aliphatic rings. The number of alkyl carbamates (subject to hydrolysis) is 1. The van der Waals surface area contributed by atoms with Gasteiger partial charge >= 0.3 is 6.09 Å². The molecule has 184 valence electrons. The highest BCUT2D eigenvalue weighted by molar-refractivity contribution is 5.99. The van der Waals surface area contributed by atoms with Crippen molar-refractivity contribution in [2.24, 2.45) is 0 Å². The Balaban J connectivity index is 2.40. The Morgan fingerprint density at radius 3 is 2.35 bits per heavy atom. The van der Waals surface area contributed by atoms with Gasteiger partial charge in [0.2, 0.25) is 5.91 Å². The maximum absolute atomic E-state index is 13.6. The molecule has 0 fully saturated rings. The summed E-state index contributed by atoms with van der Waals surface area (Å²) in [6, 6.07) is 12.3. The maximum Gasteiger partial charge on any atom is 0.408 e. The standard InChI is InChI=1S/C26H35N3O5/c1-7-18(3)29(22(31)16-27-25(33)34-26(4,5)6)23(19-12-10-13-20(30)15-19)24(32)28-21-14-9-8-11-17(21)2/h8-15,18,23,30H,7,16H2,1-6H3,(H,27,33)(H,28,32). The number of carbonyl (C=O) groups is 3. The van der Waals surface area contributed by atoms with Crippen molar-refractivity contribution >= 4 is 23.6 Å². The number of nitrogens with zero attached hydrogens (tertiary/aromatic N) is 1. The normalized spacial score (nSPS) is 12.9. The third kappa shape index (κ3) is 7.50. The number of carbonyl (C=O) groups excluding carboxylic acids is 3.